The summed E-state index contributed by atoms with van der Waals surface area (Å²) in [5.74, 6) is -0.501. The van der Waals surface area contributed by atoms with Crippen molar-refractivity contribution < 1.29 is 9.90 Å². The Hall–Kier alpha value is -2.28. The zero-order chi connectivity index (χ0) is 14.0. The van der Waals surface area contributed by atoms with Gasteiger partial charge in [-0.2, -0.15) is 0 Å². The summed E-state index contributed by atoms with van der Waals surface area (Å²) in [6.45, 7) is 1.88. The second-order valence-corrected chi connectivity index (χ2v) is 4.92. The topological polar surface area (TPSA) is 115 Å². The SMILES string of the molecule is Cc1ccc(C(=O)O)c(Sc2nc(N)cc(N)n2)c1. The van der Waals surface area contributed by atoms with Gasteiger partial charge in [0.2, 0.25) is 0 Å². The number of hydrogen-bond acceptors (Lipinski definition) is 6. The number of hydrogen-bond donors (Lipinski definition) is 3. The first-order chi connectivity index (χ1) is 8.95. The highest BCUT2D eigenvalue weighted by Gasteiger charge is 2.13. The van der Waals surface area contributed by atoms with E-state index in [1.165, 1.54) is 6.07 Å². The highest BCUT2D eigenvalue weighted by Crippen LogP contribution is 2.30. The Balaban J connectivity index is 2.42. The van der Waals surface area contributed by atoms with Gasteiger partial charge in [-0.1, -0.05) is 6.07 Å². The summed E-state index contributed by atoms with van der Waals surface area (Å²) in [6, 6.07) is 6.49. The molecule has 19 heavy (non-hydrogen) atoms. The number of nitrogens with two attached hydrogens (primary N) is 2. The Labute approximate surface area is 113 Å². The largest absolute Gasteiger partial charge is 0.478 e. The van der Waals surface area contributed by atoms with Crippen LogP contribution in [0, 0.1) is 6.92 Å². The zero-order valence-corrected chi connectivity index (χ0v) is 10.9. The average Bonchev–Trinajstić information content (AvgIpc) is 2.26. The molecule has 0 unspecified atom stereocenters. The first kappa shape index (κ1) is 13.2. The number of nitrogens with zero attached hydrogens (tertiary/aromatic N) is 2. The van der Waals surface area contributed by atoms with Gasteiger partial charge in [0.25, 0.3) is 0 Å². The maximum atomic E-state index is 11.2. The molecule has 0 aliphatic carbocycles. The molecule has 0 atom stereocenters. The summed E-state index contributed by atoms with van der Waals surface area (Å²) in [5, 5.41) is 9.46. The van der Waals surface area contributed by atoms with Crippen LogP contribution in [0.5, 0.6) is 0 Å². The van der Waals surface area contributed by atoms with Crippen molar-refractivity contribution in [1.82, 2.24) is 9.97 Å². The number of anilines is 2. The number of nitrogen functional groups attached to an aromatic ring is 2. The van der Waals surface area contributed by atoms with Crippen molar-refractivity contribution in [2.45, 2.75) is 17.0 Å². The molecule has 5 N–H and O–H groups in total. The molecule has 1 aromatic heterocycles. The third kappa shape index (κ3) is 3.14. The van der Waals surface area contributed by atoms with Crippen molar-refractivity contribution in [2.75, 3.05) is 11.5 Å². The molecule has 0 saturated carbocycles. The average molecular weight is 276 g/mol. The second kappa shape index (κ2) is 5.15. The first-order valence-electron chi connectivity index (χ1n) is 5.37. The molecule has 98 valence electrons. The van der Waals surface area contributed by atoms with Gasteiger partial charge < -0.3 is 16.6 Å². The molecule has 0 saturated heterocycles. The van der Waals surface area contributed by atoms with E-state index in [0.717, 1.165) is 17.3 Å². The van der Waals surface area contributed by atoms with Gasteiger partial charge >= 0.3 is 5.97 Å². The first-order valence-corrected chi connectivity index (χ1v) is 6.19. The molecule has 6 nitrogen and oxygen atoms in total. The number of aromatic nitrogens is 2. The number of aryl methyl sites for hydroxylation is 1. The van der Waals surface area contributed by atoms with Crippen LogP contribution in [0.25, 0.3) is 0 Å². The van der Waals surface area contributed by atoms with E-state index in [1.807, 2.05) is 6.92 Å². The fourth-order valence-corrected chi connectivity index (χ4v) is 2.51. The van der Waals surface area contributed by atoms with E-state index < -0.39 is 5.97 Å². The molecule has 0 spiro atoms. The normalized spacial score (nSPS) is 10.4. The van der Waals surface area contributed by atoms with Gasteiger partial charge in [-0.15, -0.1) is 0 Å². The van der Waals surface area contributed by atoms with Crippen molar-refractivity contribution in [3.8, 4) is 0 Å². The Kier molecular flexibility index (Phi) is 3.57. The maximum Gasteiger partial charge on any atom is 0.336 e. The monoisotopic (exact) mass is 276 g/mol. The molecule has 0 amide bonds. The molecule has 0 radical (unpaired) electrons. The molecule has 1 aromatic carbocycles. The van der Waals surface area contributed by atoms with Crippen LogP contribution in [0.1, 0.15) is 15.9 Å². The molecular formula is C12H12N4O2S. The van der Waals surface area contributed by atoms with Gasteiger partial charge in [-0.25, -0.2) is 14.8 Å². The smallest absolute Gasteiger partial charge is 0.336 e. The Morgan fingerprint density at radius 2 is 1.84 bits per heavy atom. The number of carbonyl (C=O) groups is 1. The predicted octanol–water partition coefficient (Wildman–Crippen LogP) is 1.80. The maximum absolute atomic E-state index is 11.2. The molecule has 1 heterocycles. The van der Waals surface area contributed by atoms with Crippen LogP contribution in [0.4, 0.5) is 11.6 Å². The lowest BCUT2D eigenvalue weighted by Crippen LogP contribution is -2.02. The van der Waals surface area contributed by atoms with E-state index in [-0.39, 0.29) is 17.2 Å². The lowest BCUT2D eigenvalue weighted by Gasteiger charge is -2.07. The van der Waals surface area contributed by atoms with Gasteiger partial charge in [0.1, 0.15) is 11.6 Å². The lowest BCUT2D eigenvalue weighted by molar-refractivity contribution is 0.0693. The zero-order valence-electron chi connectivity index (χ0n) is 10.1. The number of carboxylic acids is 1. The summed E-state index contributed by atoms with van der Waals surface area (Å²) in [5.41, 5.74) is 12.3. The molecule has 2 aromatic rings. The number of carboxylic acid groups (broad SMARTS) is 1. The van der Waals surface area contributed by atoms with Gasteiger partial charge in [0.05, 0.1) is 5.56 Å². The van der Waals surface area contributed by atoms with E-state index in [0.29, 0.717) is 10.1 Å². The van der Waals surface area contributed by atoms with E-state index in [9.17, 15) is 4.79 Å². The van der Waals surface area contributed by atoms with Crippen LogP contribution in [0.3, 0.4) is 0 Å². The van der Waals surface area contributed by atoms with Gasteiger partial charge in [-0.05, 0) is 36.4 Å². The van der Waals surface area contributed by atoms with Crippen molar-refractivity contribution in [3.05, 3.63) is 35.4 Å². The summed E-state index contributed by atoms with van der Waals surface area (Å²) in [4.78, 5) is 19.7. The lowest BCUT2D eigenvalue weighted by atomic mass is 10.1. The Bertz CT molecular complexity index is 625. The number of benzene rings is 1. The fourth-order valence-electron chi connectivity index (χ4n) is 1.50. The van der Waals surface area contributed by atoms with Crippen LogP contribution >= 0.6 is 11.8 Å². The number of aromatic carboxylic acids is 1. The summed E-state index contributed by atoms with van der Waals surface area (Å²) in [7, 11) is 0. The molecule has 0 aliphatic rings. The van der Waals surface area contributed by atoms with Crippen LogP contribution in [0.2, 0.25) is 0 Å². The van der Waals surface area contributed by atoms with Crippen LogP contribution in [-0.2, 0) is 0 Å². The van der Waals surface area contributed by atoms with Crippen molar-refractivity contribution in [1.29, 1.82) is 0 Å². The minimum Gasteiger partial charge on any atom is -0.478 e. The third-order valence-corrected chi connectivity index (χ3v) is 3.24. The highest BCUT2D eigenvalue weighted by atomic mass is 32.2. The van der Waals surface area contributed by atoms with E-state index >= 15 is 0 Å². The third-order valence-electron chi connectivity index (χ3n) is 2.31. The minimum atomic E-state index is -1.00. The van der Waals surface area contributed by atoms with Crippen LogP contribution < -0.4 is 11.5 Å². The van der Waals surface area contributed by atoms with Crippen molar-refractivity contribution in [3.63, 3.8) is 0 Å². The minimum absolute atomic E-state index is 0.195. The van der Waals surface area contributed by atoms with Crippen LogP contribution in [0.15, 0.2) is 34.3 Å². The summed E-state index contributed by atoms with van der Waals surface area (Å²) < 4.78 is 0. The molecule has 0 bridgehead atoms. The number of rotatable bonds is 3. The van der Waals surface area contributed by atoms with Gasteiger partial charge in [0.15, 0.2) is 5.16 Å². The Morgan fingerprint density at radius 3 is 2.42 bits per heavy atom. The molecule has 0 fully saturated rings. The predicted molar refractivity (Wildman–Crippen MR) is 73.1 cm³/mol. The molecule has 7 heteroatoms. The van der Waals surface area contributed by atoms with E-state index in [2.05, 4.69) is 9.97 Å². The fraction of sp³-hybridized carbons (Fsp3) is 0.0833. The second-order valence-electron chi connectivity index (χ2n) is 3.91. The van der Waals surface area contributed by atoms with Crippen molar-refractivity contribution >= 4 is 29.4 Å². The summed E-state index contributed by atoms with van der Waals surface area (Å²) in [6.07, 6.45) is 0. The van der Waals surface area contributed by atoms with Crippen LogP contribution in [-0.4, -0.2) is 21.0 Å². The van der Waals surface area contributed by atoms with Gasteiger partial charge in [0, 0.05) is 11.0 Å². The molecule has 2 rings (SSSR count). The highest BCUT2D eigenvalue weighted by molar-refractivity contribution is 7.99. The quantitative estimate of drug-likeness (QED) is 0.732. The van der Waals surface area contributed by atoms with Crippen molar-refractivity contribution in [2.24, 2.45) is 0 Å². The van der Waals surface area contributed by atoms with E-state index in [1.54, 1.807) is 18.2 Å². The van der Waals surface area contributed by atoms with Gasteiger partial charge in [-0.3, -0.25) is 0 Å². The summed E-state index contributed by atoms with van der Waals surface area (Å²) >= 11 is 1.12. The standard InChI is InChI=1S/C12H12N4O2S/c1-6-2-3-7(11(17)18)8(4-6)19-12-15-9(13)5-10(14)16-12/h2-5H,1H3,(H,17,18)(H4,13,14,15,16). The molecule has 0 aliphatic heterocycles. The Morgan fingerprint density at radius 1 is 1.21 bits per heavy atom. The molecular weight excluding hydrogens is 264 g/mol. The van der Waals surface area contributed by atoms with E-state index in [4.69, 9.17) is 16.6 Å².